The first kappa shape index (κ1) is 13.7. The van der Waals surface area contributed by atoms with Gasteiger partial charge < -0.3 is 10.6 Å². The highest BCUT2D eigenvalue weighted by molar-refractivity contribution is 5.84. The van der Waals surface area contributed by atoms with Gasteiger partial charge in [0.25, 0.3) is 0 Å². The van der Waals surface area contributed by atoms with Gasteiger partial charge in [0.1, 0.15) is 0 Å². The number of hydrogen-bond acceptors (Lipinski definition) is 2. The Bertz CT molecular complexity index is 652. The van der Waals surface area contributed by atoms with Gasteiger partial charge in [-0.1, -0.05) is 43.3 Å². The summed E-state index contributed by atoms with van der Waals surface area (Å²) in [5.41, 5.74) is 10.1. The summed E-state index contributed by atoms with van der Waals surface area (Å²) in [6.45, 7) is 3.43. The van der Waals surface area contributed by atoms with Gasteiger partial charge in [-0.15, -0.1) is 0 Å². The molecule has 0 bridgehead atoms. The summed E-state index contributed by atoms with van der Waals surface area (Å²) in [6.07, 6.45) is 0.817. The highest BCUT2D eigenvalue weighted by Gasteiger charge is 2.29. The Morgan fingerprint density at radius 1 is 1.14 bits per heavy atom. The van der Waals surface area contributed by atoms with Gasteiger partial charge in [0.15, 0.2) is 0 Å². The van der Waals surface area contributed by atoms with Crippen molar-refractivity contribution in [1.29, 1.82) is 0 Å². The predicted octanol–water partition coefficient (Wildman–Crippen LogP) is 3.30. The average molecular weight is 280 g/mol. The second kappa shape index (κ2) is 5.60. The molecule has 0 aromatic heterocycles. The number of amides is 1. The summed E-state index contributed by atoms with van der Waals surface area (Å²) < 4.78 is 0. The molecule has 1 atom stereocenters. The standard InChI is InChI=1S/C18H20N2O/c1-2-17(13-6-4-3-5-7-13)18(21)20-11-14-8-9-16(19)10-15(14)12-20/h3-10,17H,2,11-12,19H2,1H3. The first-order chi connectivity index (χ1) is 10.2. The van der Waals surface area contributed by atoms with Crippen LogP contribution in [0.25, 0.3) is 0 Å². The third-order valence-electron chi connectivity index (χ3n) is 4.17. The van der Waals surface area contributed by atoms with E-state index in [2.05, 4.69) is 6.92 Å². The molecule has 1 unspecified atom stereocenters. The van der Waals surface area contributed by atoms with Crippen LogP contribution in [0, 0.1) is 0 Å². The zero-order valence-corrected chi connectivity index (χ0v) is 12.3. The van der Waals surface area contributed by atoms with Crippen molar-refractivity contribution in [2.45, 2.75) is 32.4 Å². The Kier molecular flexibility index (Phi) is 3.65. The summed E-state index contributed by atoms with van der Waals surface area (Å²) >= 11 is 0. The van der Waals surface area contributed by atoms with E-state index in [1.54, 1.807) is 0 Å². The molecule has 2 N–H and O–H groups in total. The number of benzene rings is 2. The van der Waals surface area contributed by atoms with E-state index >= 15 is 0 Å². The van der Waals surface area contributed by atoms with Crippen LogP contribution in [0.2, 0.25) is 0 Å². The monoisotopic (exact) mass is 280 g/mol. The number of nitrogens with zero attached hydrogens (tertiary/aromatic N) is 1. The molecule has 3 rings (SSSR count). The Labute approximate surface area is 125 Å². The van der Waals surface area contributed by atoms with Gasteiger partial charge in [0, 0.05) is 18.8 Å². The van der Waals surface area contributed by atoms with Crippen molar-refractivity contribution in [2.75, 3.05) is 5.73 Å². The Hall–Kier alpha value is -2.29. The van der Waals surface area contributed by atoms with E-state index in [1.807, 2.05) is 53.4 Å². The minimum atomic E-state index is -0.0575. The van der Waals surface area contributed by atoms with Crippen LogP contribution < -0.4 is 5.73 Å². The molecule has 1 aliphatic heterocycles. The number of carbonyl (C=O) groups is 1. The lowest BCUT2D eigenvalue weighted by atomic mass is 9.95. The van der Waals surface area contributed by atoms with Crippen LogP contribution in [0.1, 0.15) is 36.0 Å². The van der Waals surface area contributed by atoms with Crippen LogP contribution in [0.5, 0.6) is 0 Å². The van der Waals surface area contributed by atoms with Crippen molar-refractivity contribution >= 4 is 11.6 Å². The summed E-state index contributed by atoms with van der Waals surface area (Å²) in [4.78, 5) is 14.8. The summed E-state index contributed by atoms with van der Waals surface area (Å²) in [7, 11) is 0. The van der Waals surface area contributed by atoms with Crippen molar-refractivity contribution in [3.63, 3.8) is 0 Å². The van der Waals surface area contributed by atoms with E-state index in [0.29, 0.717) is 13.1 Å². The van der Waals surface area contributed by atoms with Gasteiger partial charge in [0.2, 0.25) is 5.91 Å². The smallest absolute Gasteiger partial charge is 0.230 e. The van der Waals surface area contributed by atoms with Crippen molar-refractivity contribution < 1.29 is 4.79 Å². The highest BCUT2D eigenvalue weighted by Crippen LogP contribution is 2.29. The van der Waals surface area contributed by atoms with Crippen LogP contribution in [0.4, 0.5) is 5.69 Å². The normalized spacial score (nSPS) is 14.8. The molecular formula is C18H20N2O. The zero-order chi connectivity index (χ0) is 14.8. The zero-order valence-electron chi connectivity index (χ0n) is 12.3. The van der Waals surface area contributed by atoms with Crippen LogP contribution in [-0.2, 0) is 17.9 Å². The maximum Gasteiger partial charge on any atom is 0.230 e. The van der Waals surface area contributed by atoms with E-state index in [1.165, 1.54) is 11.1 Å². The van der Waals surface area contributed by atoms with E-state index in [-0.39, 0.29) is 11.8 Å². The fourth-order valence-electron chi connectivity index (χ4n) is 3.03. The van der Waals surface area contributed by atoms with E-state index in [0.717, 1.165) is 17.7 Å². The second-order valence-corrected chi connectivity index (χ2v) is 5.59. The van der Waals surface area contributed by atoms with E-state index < -0.39 is 0 Å². The van der Waals surface area contributed by atoms with Crippen LogP contribution in [-0.4, -0.2) is 10.8 Å². The molecule has 1 heterocycles. The molecule has 0 saturated heterocycles. The molecule has 2 aromatic carbocycles. The topological polar surface area (TPSA) is 46.3 Å². The molecule has 2 aromatic rings. The molecule has 3 nitrogen and oxygen atoms in total. The maximum absolute atomic E-state index is 12.8. The van der Waals surface area contributed by atoms with Gasteiger partial charge in [-0.25, -0.2) is 0 Å². The Morgan fingerprint density at radius 2 is 1.86 bits per heavy atom. The third-order valence-corrected chi connectivity index (χ3v) is 4.17. The molecule has 0 radical (unpaired) electrons. The van der Waals surface area contributed by atoms with Gasteiger partial charge in [-0.05, 0) is 35.2 Å². The number of hydrogen-bond donors (Lipinski definition) is 1. The molecular weight excluding hydrogens is 260 g/mol. The van der Waals surface area contributed by atoms with Crippen molar-refractivity contribution in [3.8, 4) is 0 Å². The molecule has 21 heavy (non-hydrogen) atoms. The molecule has 0 aliphatic carbocycles. The number of nitrogen functional groups attached to an aromatic ring is 1. The Balaban J connectivity index is 1.80. The first-order valence-corrected chi connectivity index (χ1v) is 7.40. The van der Waals surface area contributed by atoms with Gasteiger partial charge >= 0.3 is 0 Å². The number of nitrogens with two attached hydrogens (primary N) is 1. The van der Waals surface area contributed by atoms with Crippen LogP contribution in [0.15, 0.2) is 48.5 Å². The van der Waals surface area contributed by atoms with E-state index in [4.69, 9.17) is 5.73 Å². The number of rotatable bonds is 3. The fraction of sp³-hybridized carbons (Fsp3) is 0.278. The molecule has 3 heteroatoms. The molecule has 1 aliphatic rings. The summed E-state index contributed by atoms with van der Waals surface area (Å²) in [6, 6.07) is 15.9. The minimum absolute atomic E-state index is 0.0575. The summed E-state index contributed by atoms with van der Waals surface area (Å²) in [5, 5.41) is 0. The Morgan fingerprint density at radius 3 is 2.57 bits per heavy atom. The average Bonchev–Trinajstić information content (AvgIpc) is 2.92. The molecule has 1 amide bonds. The minimum Gasteiger partial charge on any atom is -0.399 e. The van der Waals surface area contributed by atoms with Crippen molar-refractivity contribution in [3.05, 3.63) is 65.2 Å². The first-order valence-electron chi connectivity index (χ1n) is 7.40. The molecule has 0 spiro atoms. The second-order valence-electron chi connectivity index (χ2n) is 5.59. The quantitative estimate of drug-likeness (QED) is 0.877. The lowest BCUT2D eigenvalue weighted by Gasteiger charge is -2.22. The number of carbonyl (C=O) groups excluding carboxylic acids is 1. The number of anilines is 1. The van der Waals surface area contributed by atoms with Crippen LogP contribution in [0.3, 0.4) is 0 Å². The molecule has 0 saturated carbocycles. The third kappa shape index (κ3) is 2.64. The van der Waals surface area contributed by atoms with Gasteiger partial charge in [-0.2, -0.15) is 0 Å². The fourth-order valence-corrected chi connectivity index (χ4v) is 3.03. The molecule has 0 fully saturated rings. The lowest BCUT2D eigenvalue weighted by Crippen LogP contribution is -2.30. The van der Waals surface area contributed by atoms with Crippen molar-refractivity contribution in [1.82, 2.24) is 4.90 Å². The van der Waals surface area contributed by atoms with Crippen LogP contribution >= 0.6 is 0 Å². The van der Waals surface area contributed by atoms with Crippen molar-refractivity contribution in [2.24, 2.45) is 0 Å². The lowest BCUT2D eigenvalue weighted by molar-refractivity contribution is -0.133. The highest BCUT2D eigenvalue weighted by atomic mass is 16.2. The van der Waals surface area contributed by atoms with Gasteiger partial charge in [-0.3, -0.25) is 4.79 Å². The maximum atomic E-state index is 12.8. The molecule has 108 valence electrons. The van der Waals surface area contributed by atoms with Gasteiger partial charge in [0.05, 0.1) is 5.92 Å². The largest absolute Gasteiger partial charge is 0.399 e. The van der Waals surface area contributed by atoms with E-state index in [9.17, 15) is 4.79 Å². The number of fused-ring (bicyclic) bond motifs is 1. The summed E-state index contributed by atoms with van der Waals surface area (Å²) in [5.74, 6) is 0.149. The SMILES string of the molecule is CCC(C(=O)N1Cc2ccc(N)cc2C1)c1ccccc1. The predicted molar refractivity (Wildman–Crippen MR) is 84.6 cm³/mol.